The van der Waals surface area contributed by atoms with Crippen molar-refractivity contribution < 1.29 is 4.74 Å². The molecule has 0 unspecified atom stereocenters. The molecule has 1 fully saturated rings. The van der Waals surface area contributed by atoms with E-state index in [0.29, 0.717) is 24.8 Å². The van der Waals surface area contributed by atoms with E-state index in [-0.39, 0.29) is 5.54 Å². The van der Waals surface area contributed by atoms with E-state index in [1.54, 1.807) is 6.08 Å². The van der Waals surface area contributed by atoms with Crippen LogP contribution in [-0.2, 0) is 4.74 Å². The molecule has 1 aromatic carbocycles. The Morgan fingerprint density at radius 2 is 2.08 bits per heavy atom. The van der Waals surface area contributed by atoms with Crippen molar-refractivity contribution in [3.8, 4) is 0 Å². The zero-order valence-electron chi connectivity index (χ0n) is 13.6. The second kappa shape index (κ2) is 7.24. The highest BCUT2D eigenvalue weighted by atomic mass is 35.5. The number of nitrogens with one attached hydrogen (secondary N) is 2. The number of allylic oxidation sites excluding steroid dienone is 2. The summed E-state index contributed by atoms with van der Waals surface area (Å²) in [6.45, 7) is 9.56. The molecule has 3 rings (SSSR count). The zero-order valence-corrected chi connectivity index (χ0v) is 14.4. The number of aliphatic imine (C=N–C) groups is 1. The Kier molecular flexibility index (Phi) is 5.07. The van der Waals surface area contributed by atoms with Gasteiger partial charge in [0.1, 0.15) is 5.84 Å². The topological polar surface area (TPSA) is 45.7 Å². The van der Waals surface area contributed by atoms with Gasteiger partial charge in [-0.25, -0.2) is 0 Å². The van der Waals surface area contributed by atoms with Crippen LogP contribution in [0.3, 0.4) is 0 Å². The minimum atomic E-state index is -0.223. The minimum absolute atomic E-state index is 0.223. The summed E-state index contributed by atoms with van der Waals surface area (Å²) in [5.41, 5.74) is 2.80. The molecule has 2 heterocycles. The van der Waals surface area contributed by atoms with E-state index in [1.807, 2.05) is 30.4 Å². The predicted molar refractivity (Wildman–Crippen MR) is 102 cm³/mol. The van der Waals surface area contributed by atoms with Gasteiger partial charge in [0.05, 0.1) is 23.5 Å². The summed E-state index contributed by atoms with van der Waals surface area (Å²) in [7, 11) is 0. The maximum absolute atomic E-state index is 6.13. The van der Waals surface area contributed by atoms with Gasteiger partial charge in [0.15, 0.2) is 0 Å². The monoisotopic (exact) mass is 343 g/mol. The summed E-state index contributed by atoms with van der Waals surface area (Å²) in [5.74, 6) is 0.928. The number of ether oxygens (including phenoxy) is 1. The van der Waals surface area contributed by atoms with Crippen LogP contribution in [0.1, 0.15) is 12.8 Å². The largest absolute Gasteiger partial charge is 0.381 e. The molecule has 1 spiro atoms. The molecule has 0 amide bonds. The fraction of sp³-hybridized carbons (Fsp3) is 0.316. The van der Waals surface area contributed by atoms with Crippen molar-refractivity contribution in [3.05, 3.63) is 60.2 Å². The van der Waals surface area contributed by atoms with E-state index in [4.69, 9.17) is 21.3 Å². The van der Waals surface area contributed by atoms with E-state index in [2.05, 4.69) is 23.8 Å². The summed E-state index contributed by atoms with van der Waals surface area (Å²) >= 11 is 6.13. The Bertz CT molecular complexity index is 703. The standard InChI is InChI=1S/C19H22ClN3O/c1-3-5-14(4-2)13-21-18-19(8-10-24-11-9-19)23-16-7-6-15(20)12-17(16)22-18/h3-7,12,23H,1-2,8-11,13H2,(H,21,22)/b14-5+. The van der Waals surface area contributed by atoms with E-state index in [1.165, 1.54) is 0 Å². The van der Waals surface area contributed by atoms with Gasteiger partial charge in [-0.2, -0.15) is 0 Å². The first-order valence-corrected chi connectivity index (χ1v) is 8.46. The van der Waals surface area contributed by atoms with Gasteiger partial charge in [0.25, 0.3) is 0 Å². The summed E-state index contributed by atoms with van der Waals surface area (Å²) in [6.07, 6.45) is 7.23. The molecular weight excluding hydrogens is 322 g/mol. The lowest BCUT2D eigenvalue weighted by Gasteiger charge is -2.43. The normalized spacial score (nSPS) is 20.9. The van der Waals surface area contributed by atoms with Crippen molar-refractivity contribution in [1.82, 2.24) is 0 Å². The molecule has 0 aliphatic carbocycles. The average Bonchev–Trinajstić information content (AvgIpc) is 2.60. The van der Waals surface area contributed by atoms with Gasteiger partial charge in [-0.1, -0.05) is 43.0 Å². The third-order valence-corrected chi connectivity index (χ3v) is 4.66. The number of rotatable bonds is 4. The summed E-state index contributed by atoms with van der Waals surface area (Å²) in [4.78, 5) is 4.84. The van der Waals surface area contributed by atoms with Crippen LogP contribution in [0.5, 0.6) is 0 Å². The van der Waals surface area contributed by atoms with Crippen molar-refractivity contribution in [2.75, 3.05) is 30.4 Å². The molecule has 0 aromatic heterocycles. The van der Waals surface area contributed by atoms with Crippen LogP contribution in [0.15, 0.2) is 60.2 Å². The Labute approximate surface area is 148 Å². The molecule has 1 aromatic rings. The molecular formula is C19H22ClN3O. The average molecular weight is 344 g/mol. The van der Waals surface area contributed by atoms with Crippen molar-refractivity contribution >= 4 is 28.8 Å². The molecule has 2 N–H and O–H groups in total. The van der Waals surface area contributed by atoms with Crippen LogP contribution in [0.25, 0.3) is 0 Å². The lowest BCUT2D eigenvalue weighted by atomic mass is 9.86. The number of fused-ring (bicyclic) bond motifs is 1. The van der Waals surface area contributed by atoms with Crippen LogP contribution in [0, 0.1) is 0 Å². The van der Waals surface area contributed by atoms with Gasteiger partial charge in [0, 0.05) is 31.1 Å². The second-order valence-corrected chi connectivity index (χ2v) is 6.42. The molecule has 0 bridgehead atoms. The molecule has 4 nitrogen and oxygen atoms in total. The predicted octanol–water partition coefficient (Wildman–Crippen LogP) is 4.42. The summed E-state index contributed by atoms with van der Waals surface area (Å²) in [6, 6.07) is 5.82. The number of halogens is 1. The molecule has 1 saturated heterocycles. The maximum Gasteiger partial charge on any atom is 0.127 e. The first-order chi connectivity index (χ1) is 11.7. The Hall–Kier alpha value is -2.04. The summed E-state index contributed by atoms with van der Waals surface area (Å²) in [5, 5.41) is 7.84. The van der Waals surface area contributed by atoms with Gasteiger partial charge in [-0.15, -0.1) is 0 Å². The highest BCUT2D eigenvalue weighted by Crippen LogP contribution is 2.37. The molecule has 0 radical (unpaired) electrons. The number of benzene rings is 1. The minimum Gasteiger partial charge on any atom is -0.381 e. The Morgan fingerprint density at radius 3 is 2.79 bits per heavy atom. The van der Waals surface area contributed by atoms with Gasteiger partial charge in [-0.05, 0) is 23.8 Å². The zero-order chi connectivity index (χ0) is 17.0. The first-order valence-electron chi connectivity index (χ1n) is 8.08. The number of hydrogen-bond acceptors (Lipinski definition) is 3. The van der Waals surface area contributed by atoms with Crippen LogP contribution >= 0.6 is 11.6 Å². The Balaban J connectivity index is 1.95. The highest BCUT2D eigenvalue weighted by Gasteiger charge is 2.41. The first kappa shape index (κ1) is 16.8. The Morgan fingerprint density at radius 1 is 1.29 bits per heavy atom. The lowest BCUT2D eigenvalue weighted by Crippen LogP contribution is -2.55. The van der Waals surface area contributed by atoms with E-state index in [9.17, 15) is 0 Å². The fourth-order valence-electron chi connectivity index (χ4n) is 3.07. The smallest absolute Gasteiger partial charge is 0.127 e. The molecule has 24 heavy (non-hydrogen) atoms. The van der Waals surface area contributed by atoms with Crippen molar-refractivity contribution in [2.24, 2.45) is 4.99 Å². The molecule has 126 valence electrons. The van der Waals surface area contributed by atoms with Crippen LogP contribution < -0.4 is 10.6 Å². The molecule has 2 aliphatic rings. The van der Waals surface area contributed by atoms with Crippen LogP contribution in [-0.4, -0.2) is 31.1 Å². The van der Waals surface area contributed by atoms with Gasteiger partial charge in [0.2, 0.25) is 0 Å². The van der Waals surface area contributed by atoms with Crippen molar-refractivity contribution in [2.45, 2.75) is 18.4 Å². The molecule has 0 atom stereocenters. The molecule has 0 saturated carbocycles. The van der Waals surface area contributed by atoms with E-state index >= 15 is 0 Å². The third-order valence-electron chi connectivity index (χ3n) is 4.42. The van der Waals surface area contributed by atoms with Gasteiger partial charge in [-0.3, -0.25) is 4.99 Å². The van der Waals surface area contributed by atoms with E-state index in [0.717, 1.165) is 35.6 Å². The second-order valence-electron chi connectivity index (χ2n) is 5.98. The van der Waals surface area contributed by atoms with Crippen molar-refractivity contribution in [1.29, 1.82) is 0 Å². The highest BCUT2D eigenvalue weighted by molar-refractivity contribution is 6.31. The molecule has 5 heteroatoms. The SMILES string of the molecule is C=C/C=C(\C=C)CN=C1Nc2cc(Cl)ccc2NC12CCOCC2. The number of amidine groups is 1. The van der Waals surface area contributed by atoms with Gasteiger partial charge >= 0.3 is 0 Å². The van der Waals surface area contributed by atoms with Crippen molar-refractivity contribution in [3.63, 3.8) is 0 Å². The summed E-state index contributed by atoms with van der Waals surface area (Å²) < 4.78 is 5.55. The van der Waals surface area contributed by atoms with Crippen LogP contribution in [0.4, 0.5) is 11.4 Å². The van der Waals surface area contributed by atoms with Gasteiger partial charge < -0.3 is 15.4 Å². The quantitative estimate of drug-likeness (QED) is 0.795. The third kappa shape index (κ3) is 3.40. The maximum atomic E-state index is 6.13. The number of nitrogens with zero attached hydrogens (tertiary/aromatic N) is 1. The van der Waals surface area contributed by atoms with Crippen LogP contribution in [0.2, 0.25) is 5.02 Å². The van der Waals surface area contributed by atoms with E-state index < -0.39 is 0 Å². The lowest BCUT2D eigenvalue weighted by molar-refractivity contribution is 0.0778. The number of anilines is 2. The molecule has 2 aliphatic heterocycles. The number of hydrogen-bond donors (Lipinski definition) is 2. The fourth-order valence-corrected chi connectivity index (χ4v) is 3.24.